The second-order valence-corrected chi connectivity index (χ2v) is 5.95. The molecule has 2 aromatic carbocycles. The highest BCUT2D eigenvalue weighted by Gasteiger charge is 2.12. The van der Waals surface area contributed by atoms with E-state index in [4.69, 9.17) is 0 Å². The predicted octanol–water partition coefficient (Wildman–Crippen LogP) is 2.82. The van der Waals surface area contributed by atoms with Gasteiger partial charge in [0.25, 0.3) is 5.56 Å². The number of benzene rings is 2. The summed E-state index contributed by atoms with van der Waals surface area (Å²) in [5.41, 5.74) is 2.13. The van der Waals surface area contributed by atoms with Gasteiger partial charge in [0.15, 0.2) is 5.16 Å². The number of esters is 1. The summed E-state index contributed by atoms with van der Waals surface area (Å²) in [5, 5.41) is 1.20. The molecule has 122 valence electrons. The molecule has 0 aliphatic heterocycles. The first-order valence-electron chi connectivity index (χ1n) is 7.36. The number of nitrogens with zero attached hydrogens (tertiary/aromatic N) is 2. The van der Waals surface area contributed by atoms with Gasteiger partial charge < -0.3 is 4.74 Å². The zero-order chi connectivity index (χ0) is 17.1. The summed E-state index contributed by atoms with van der Waals surface area (Å²) < 4.78 is 6.26. The number of fused-ring (bicyclic) bond motifs is 1. The number of carbonyl (C=O) groups excluding carboxylic acids is 1. The summed E-state index contributed by atoms with van der Waals surface area (Å²) >= 11 is 1.42. The van der Waals surface area contributed by atoms with Crippen LogP contribution in [0, 0.1) is 0 Å². The van der Waals surface area contributed by atoms with Gasteiger partial charge in [0, 0.05) is 0 Å². The SMILES string of the molecule is COC(=O)Cc1ccc(-n2c(SC)nc3ccccc3c2=O)cc1. The summed E-state index contributed by atoms with van der Waals surface area (Å²) in [5.74, 6) is -0.294. The van der Waals surface area contributed by atoms with Gasteiger partial charge in [-0.25, -0.2) is 4.98 Å². The first kappa shape index (κ1) is 16.3. The van der Waals surface area contributed by atoms with Crippen molar-refractivity contribution in [3.05, 3.63) is 64.4 Å². The highest BCUT2D eigenvalue weighted by Crippen LogP contribution is 2.19. The number of aromatic nitrogens is 2. The van der Waals surface area contributed by atoms with E-state index in [-0.39, 0.29) is 17.9 Å². The largest absolute Gasteiger partial charge is 0.469 e. The summed E-state index contributed by atoms with van der Waals surface area (Å²) in [6.45, 7) is 0. The zero-order valence-electron chi connectivity index (χ0n) is 13.4. The van der Waals surface area contributed by atoms with Crippen LogP contribution in [0.1, 0.15) is 5.56 Å². The maximum absolute atomic E-state index is 12.9. The van der Waals surface area contributed by atoms with Crippen molar-refractivity contribution in [1.29, 1.82) is 0 Å². The van der Waals surface area contributed by atoms with Crippen LogP contribution in [0.4, 0.5) is 0 Å². The lowest BCUT2D eigenvalue weighted by Crippen LogP contribution is -2.21. The minimum atomic E-state index is -0.294. The van der Waals surface area contributed by atoms with E-state index in [2.05, 4.69) is 9.72 Å². The van der Waals surface area contributed by atoms with Crippen molar-refractivity contribution in [3.8, 4) is 5.69 Å². The molecule has 3 rings (SSSR count). The topological polar surface area (TPSA) is 61.2 Å². The first-order chi connectivity index (χ1) is 11.6. The van der Waals surface area contributed by atoms with Gasteiger partial charge >= 0.3 is 5.97 Å². The number of para-hydroxylation sites is 1. The Morgan fingerprint density at radius 1 is 1.17 bits per heavy atom. The lowest BCUT2D eigenvalue weighted by molar-refractivity contribution is -0.139. The fourth-order valence-electron chi connectivity index (χ4n) is 2.48. The number of carbonyl (C=O) groups is 1. The first-order valence-corrected chi connectivity index (χ1v) is 8.58. The fraction of sp³-hybridized carbons (Fsp3) is 0.167. The quantitative estimate of drug-likeness (QED) is 0.415. The molecule has 0 saturated carbocycles. The van der Waals surface area contributed by atoms with Gasteiger partial charge in [0.2, 0.25) is 0 Å². The number of hydrogen-bond donors (Lipinski definition) is 0. The van der Waals surface area contributed by atoms with Gasteiger partial charge in [-0.05, 0) is 36.1 Å². The molecule has 0 aliphatic carbocycles. The van der Waals surface area contributed by atoms with E-state index < -0.39 is 0 Å². The van der Waals surface area contributed by atoms with Crippen molar-refractivity contribution in [2.24, 2.45) is 0 Å². The second kappa shape index (κ2) is 6.88. The van der Waals surface area contributed by atoms with E-state index in [9.17, 15) is 9.59 Å². The molecule has 0 bridgehead atoms. The van der Waals surface area contributed by atoms with Crippen LogP contribution in [0.15, 0.2) is 58.5 Å². The Hall–Kier alpha value is -2.60. The third kappa shape index (κ3) is 3.05. The van der Waals surface area contributed by atoms with Gasteiger partial charge in [-0.15, -0.1) is 0 Å². The molecule has 1 heterocycles. The third-order valence-corrected chi connectivity index (χ3v) is 4.34. The molecule has 24 heavy (non-hydrogen) atoms. The van der Waals surface area contributed by atoms with Gasteiger partial charge in [0.1, 0.15) is 0 Å². The van der Waals surface area contributed by atoms with Crippen LogP contribution in [0.25, 0.3) is 16.6 Å². The van der Waals surface area contributed by atoms with Crippen LogP contribution in [0.2, 0.25) is 0 Å². The van der Waals surface area contributed by atoms with E-state index in [1.807, 2.05) is 48.7 Å². The molecule has 3 aromatic rings. The number of methoxy groups -OCH3 is 1. The van der Waals surface area contributed by atoms with Gasteiger partial charge in [0.05, 0.1) is 30.1 Å². The summed E-state index contributed by atoms with van der Waals surface area (Å²) in [6, 6.07) is 14.6. The van der Waals surface area contributed by atoms with Crippen molar-refractivity contribution in [3.63, 3.8) is 0 Å². The van der Waals surface area contributed by atoms with Crippen molar-refractivity contribution in [2.45, 2.75) is 11.6 Å². The minimum Gasteiger partial charge on any atom is -0.469 e. The van der Waals surface area contributed by atoms with E-state index >= 15 is 0 Å². The smallest absolute Gasteiger partial charge is 0.309 e. The highest BCUT2D eigenvalue weighted by molar-refractivity contribution is 7.98. The van der Waals surface area contributed by atoms with E-state index in [0.29, 0.717) is 16.1 Å². The Kier molecular flexibility index (Phi) is 4.66. The Morgan fingerprint density at radius 2 is 1.88 bits per heavy atom. The Labute approximate surface area is 143 Å². The molecule has 0 aliphatic rings. The highest BCUT2D eigenvalue weighted by atomic mass is 32.2. The maximum Gasteiger partial charge on any atom is 0.309 e. The Balaban J connectivity index is 2.10. The average molecular weight is 340 g/mol. The fourth-order valence-corrected chi connectivity index (χ4v) is 3.04. The van der Waals surface area contributed by atoms with Crippen molar-refractivity contribution >= 4 is 28.6 Å². The van der Waals surface area contributed by atoms with Crippen molar-refractivity contribution in [1.82, 2.24) is 9.55 Å². The molecule has 0 N–H and O–H groups in total. The molecule has 0 unspecified atom stereocenters. The molecule has 0 amide bonds. The van der Waals surface area contributed by atoms with Crippen LogP contribution in [0.3, 0.4) is 0 Å². The van der Waals surface area contributed by atoms with Crippen LogP contribution >= 0.6 is 11.8 Å². The van der Waals surface area contributed by atoms with Crippen LogP contribution in [0.5, 0.6) is 0 Å². The van der Waals surface area contributed by atoms with Crippen molar-refractivity contribution in [2.75, 3.05) is 13.4 Å². The van der Waals surface area contributed by atoms with Gasteiger partial charge in [-0.1, -0.05) is 36.0 Å². The molecule has 0 spiro atoms. The van der Waals surface area contributed by atoms with Crippen LogP contribution in [-0.2, 0) is 16.0 Å². The van der Waals surface area contributed by atoms with Crippen molar-refractivity contribution < 1.29 is 9.53 Å². The van der Waals surface area contributed by atoms with Gasteiger partial charge in [-0.2, -0.15) is 0 Å². The molecule has 0 fully saturated rings. The molecule has 5 nitrogen and oxygen atoms in total. The van der Waals surface area contributed by atoms with Gasteiger partial charge in [-0.3, -0.25) is 14.2 Å². The molecule has 0 radical (unpaired) electrons. The number of rotatable bonds is 4. The zero-order valence-corrected chi connectivity index (χ0v) is 14.2. The molecule has 0 saturated heterocycles. The molecular formula is C18H16N2O3S. The molecular weight excluding hydrogens is 324 g/mol. The van der Waals surface area contributed by atoms with E-state index in [1.54, 1.807) is 10.6 Å². The maximum atomic E-state index is 12.9. The minimum absolute atomic E-state index is 0.106. The van der Waals surface area contributed by atoms with Crippen LogP contribution in [-0.4, -0.2) is 28.9 Å². The Morgan fingerprint density at radius 3 is 2.54 bits per heavy atom. The monoisotopic (exact) mass is 340 g/mol. The normalized spacial score (nSPS) is 10.8. The number of ether oxygens (including phenoxy) is 1. The van der Waals surface area contributed by atoms with E-state index in [1.165, 1.54) is 18.9 Å². The second-order valence-electron chi connectivity index (χ2n) is 5.18. The van der Waals surface area contributed by atoms with E-state index in [0.717, 1.165) is 11.3 Å². The van der Waals surface area contributed by atoms with Crippen LogP contribution < -0.4 is 5.56 Å². The summed E-state index contributed by atoms with van der Waals surface area (Å²) in [6.07, 6.45) is 2.09. The average Bonchev–Trinajstić information content (AvgIpc) is 2.62. The standard InChI is InChI=1S/C18H16N2O3S/c1-23-16(21)11-12-7-9-13(10-8-12)20-17(22)14-5-3-4-6-15(14)19-18(20)24-2/h3-10H,11H2,1-2H3. The summed E-state index contributed by atoms with van der Waals surface area (Å²) in [7, 11) is 1.36. The lowest BCUT2D eigenvalue weighted by atomic mass is 10.1. The molecule has 1 aromatic heterocycles. The lowest BCUT2D eigenvalue weighted by Gasteiger charge is -2.12. The number of thioether (sulfide) groups is 1. The third-order valence-electron chi connectivity index (χ3n) is 3.70. The molecule has 6 heteroatoms. The number of hydrogen-bond acceptors (Lipinski definition) is 5. The summed E-state index contributed by atoms with van der Waals surface area (Å²) in [4.78, 5) is 28.8. The predicted molar refractivity (Wildman–Crippen MR) is 94.8 cm³/mol. The molecule has 0 atom stereocenters. The Bertz CT molecular complexity index is 949.